The van der Waals surface area contributed by atoms with Gasteiger partial charge in [-0.2, -0.15) is 0 Å². The molecule has 2 aliphatic rings. The molecule has 1 saturated heterocycles. The highest BCUT2D eigenvalue weighted by Gasteiger charge is 2.37. The molecule has 41 heavy (non-hydrogen) atoms. The first-order valence-corrected chi connectivity index (χ1v) is 15.0. The number of halogens is 1. The first kappa shape index (κ1) is 28.7. The van der Waals surface area contributed by atoms with Crippen LogP contribution in [-0.2, 0) is 16.0 Å². The quantitative estimate of drug-likeness (QED) is 0.481. The summed E-state index contributed by atoms with van der Waals surface area (Å²) >= 11 is 1.37. The molecule has 0 aliphatic carbocycles. The topological polar surface area (TPSA) is 98.8 Å². The van der Waals surface area contributed by atoms with Crippen molar-refractivity contribution in [2.75, 3.05) is 26.2 Å². The van der Waals surface area contributed by atoms with Gasteiger partial charge in [-0.25, -0.2) is 4.39 Å². The second-order valence-electron chi connectivity index (χ2n) is 11.1. The highest BCUT2D eigenvalue weighted by Crippen LogP contribution is 2.27. The molecule has 1 aromatic heterocycles. The number of benzene rings is 2. The van der Waals surface area contributed by atoms with Gasteiger partial charge in [0, 0.05) is 30.4 Å². The highest BCUT2D eigenvalue weighted by atomic mass is 32.1. The smallest absolute Gasteiger partial charge is 0.264 e. The van der Waals surface area contributed by atoms with Crippen molar-refractivity contribution in [3.8, 4) is 0 Å². The average Bonchev–Trinajstić information content (AvgIpc) is 3.62. The average molecular weight is 579 g/mol. The van der Waals surface area contributed by atoms with Crippen molar-refractivity contribution < 1.29 is 23.6 Å². The first-order chi connectivity index (χ1) is 19.7. The molecule has 3 aromatic rings. The molecule has 3 heterocycles. The Hall–Kier alpha value is -3.79. The van der Waals surface area contributed by atoms with E-state index in [2.05, 4.69) is 10.6 Å². The van der Waals surface area contributed by atoms with Gasteiger partial charge in [0.25, 0.3) is 11.8 Å². The summed E-state index contributed by atoms with van der Waals surface area (Å²) in [7, 11) is 0. The van der Waals surface area contributed by atoms with E-state index in [1.54, 1.807) is 12.1 Å². The van der Waals surface area contributed by atoms with E-state index in [0.717, 1.165) is 15.6 Å². The van der Waals surface area contributed by atoms with Crippen LogP contribution in [0.1, 0.15) is 58.7 Å². The van der Waals surface area contributed by atoms with Gasteiger partial charge in [0.1, 0.15) is 11.9 Å². The molecule has 216 valence electrons. The van der Waals surface area contributed by atoms with E-state index in [1.807, 2.05) is 44.2 Å². The van der Waals surface area contributed by atoms with E-state index in [-0.39, 0.29) is 42.3 Å². The zero-order valence-corrected chi connectivity index (χ0v) is 24.1. The van der Waals surface area contributed by atoms with Gasteiger partial charge in [-0.05, 0) is 66.8 Å². The zero-order chi connectivity index (χ0) is 29.1. The molecule has 1 fully saturated rings. The Balaban J connectivity index is 1.45. The normalized spacial score (nSPS) is 21.0. The molecule has 5 rings (SSSR count). The van der Waals surface area contributed by atoms with Crippen molar-refractivity contribution in [1.29, 1.82) is 0 Å². The fourth-order valence-electron chi connectivity index (χ4n) is 5.48. The molecular weight excluding hydrogens is 543 g/mol. The number of nitrogens with zero attached hydrogens (tertiary/aromatic N) is 2. The molecule has 2 bridgehead atoms. The van der Waals surface area contributed by atoms with Crippen molar-refractivity contribution in [2.24, 2.45) is 5.92 Å². The van der Waals surface area contributed by atoms with E-state index in [9.17, 15) is 23.6 Å². The summed E-state index contributed by atoms with van der Waals surface area (Å²) in [6, 6.07) is 12.8. The van der Waals surface area contributed by atoms with E-state index in [4.69, 9.17) is 0 Å². The summed E-state index contributed by atoms with van der Waals surface area (Å²) in [5.74, 6) is -2.10. The molecule has 8 nitrogen and oxygen atoms in total. The molecule has 0 saturated carbocycles. The number of rotatable bonds is 2. The van der Waals surface area contributed by atoms with Gasteiger partial charge >= 0.3 is 0 Å². The van der Waals surface area contributed by atoms with Crippen LogP contribution in [0.3, 0.4) is 0 Å². The van der Waals surface area contributed by atoms with Crippen molar-refractivity contribution in [1.82, 2.24) is 20.4 Å². The Bertz CT molecular complexity index is 1440. The van der Waals surface area contributed by atoms with Crippen LogP contribution in [0, 0.1) is 11.7 Å². The van der Waals surface area contributed by atoms with Crippen LogP contribution in [0.25, 0.3) is 10.1 Å². The van der Waals surface area contributed by atoms with E-state index < -0.39 is 23.8 Å². The molecular formula is C31H35FN4O4S. The fourth-order valence-corrected chi connectivity index (χ4v) is 6.51. The lowest BCUT2D eigenvalue weighted by Crippen LogP contribution is -2.54. The first-order valence-electron chi connectivity index (χ1n) is 14.2. The Morgan fingerprint density at radius 2 is 1.88 bits per heavy atom. The predicted molar refractivity (Wildman–Crippen MR) is 156 cm³/mol. The van der Waals surface area contributed by atoms with Gasteiger partial charge < -0.3 is 20.4 Å². The maximum atomic E-state index is 14.8. The Kier molecular flexibility index (Phi) is 8.68. The van der Waals surface area contributed by atoms with Gasteiger partial charge in [-0.15, -0.1) is 11.3 Å². The molecule has 4 amide bonds. The van der Waals surface area contributed by atoms with Crippen LogP contribution in [0.4, 0.5) is 4.39 Å². The number of carbonyl (C=O) groups is 4. The van der Waals surface area contributed by atoms with Crippen LogP contribution < -0.4 is 10.6 Å². The summed E-state index contributed by atoms with van der Waals surface area (Å²) in [5.41, 5.74) is 0.728. The lowest BCUT2D eigenvalue weighted by molar-refractivity contribution is -0.126. The summed E-state index contributed by atoms with van der Waals surface area (Å²) < 4.78 is 15.7. The lowest BCUT2D eigenvalue weighted by atomic mass is 10.0. The lowest BCUT2D eigenvalue weighted by Gasteiger charge is -2.32. The Labute approximate surface area is 242 Å². The predicted octanol–water partition coefficient (Wildman–Crippen LogP) is 3.99. The van der Waals surface area contributed by atoms with Gasteiger partial charge in [0.2, 0.25) is 11.8 Å². The summed E-state index contributed by atoms with van der Waals surface area (Å²) in [5, 5.41) is 6.89. The minimum atomic E-state index is -0.738. The van der Waals surface area contributed by atoms with Gasteiger partial charge in [-0.3, -0.25) is 19.2 Å². The van der Waals surface area contributed by atoms with Gasteiger partial charge in [-0.1, -0.05) is 38.1 Å². The molecule has 10 heteroatoms. The third-order valence-electron chi connectivity index (χ3n) is 7.85. The van der Waals surface area contributed by atoms with Crippen molar-refractivity contribution in [3.63, 3.8) is 0 Å². The second-order valence-corrected chi connectivity index (χ2v) is 12.2. The number of carbonyl (C=O) groups excluding carboxylic acids is 4. The van der Waals surface area contributed by atoms with E-state index >= 15 is 0 Å². The standard InChI is InChI=1S/C31H35FN4O4S/c1-19(2)24-17-35(31(40)27-16-21-8-3-4-10-26(21)41-27)18-28(37)33-13-5-7-20-11-12-23(32)22(15-20)30(39)36-14-6-9-25(36)29(38)34-24/h3-4,8,10-12,15-16,19,24-25H,5-7,9,13-14,17-18H2,1-2H3,(H,33,37)(H,34,38)/t24-,25-/m0/s1. The number of nitrogens with one attached hydrogen (secondary N) is 2. The van der Waals surface area contributed by atoms with E-state index in [1.165, 1.54) is 27.2 Å². The number of aryl methyl sites for hydroxylation is 1. The van der Waals surface area contributed by atoms with Crippen LogP contribution in [0.15, 0.2) is 48.5 Å². The Morgan fingerprint density at radius 3 is 2.66 bits per heavy atom. The molecule has 0 radical (unpaired) electrons. The summed E-state index contributed by atoms with van der Waals surface area (Å²) in [6.07, 6.45) is 2.21. The largest absolute Gasteiger partial charge is 0.355 e. The van der Waals surface area contributed by atoms with Crippen LogP contribution in [0.5, 0.6) is 0 Å². The van der Waals surface area contributed by atoms with Crippen LogP contribution >= 0.6 is 11.3 Å². The molecule has 0 unspecified atom stereocenters. The number of hydrogen-bond acceptors (Lipinski definition) is 5. The number of hydrogen-bond donors (Lipinski definition) is 2. The monoisotopic (exact) mass is 578 g/mol. The van der Waals surface area contributed by atoms with Crippen molar-refractivity contribution in [2.45, 2.75) is 51.6 Å². The fraction of sp³-hybridized carbons (Fsp3) is 0.419. The minimum absolute atomic E-state index is 0.0453. The molecule has 0 spiro atoms. The summed E-state index contributed by atoms with van der Waals surface area (Å²) in [6.45, 7) is 4.58. The third kappa shape index (κ3) is 6.43. The number of fused-ring (bicyclic) bond motifs is 4. The van der Waals surface area contributed by atoms with Crippen molar-refractivity contribution >= 4 is 45.1 Å². The molecule has 2 N–H and O–H groups in total. The zero-order valence-electron chi connectivity index (χ0n) is 23.3. The van der Waals surface area contributed by atoms with E-state index in [0.29, 0.717) is 43.6 Å². The minimum Gasteiger partial charge on any atom is -0.355 e. The van der Waals surface area contributed by atoms with Crippen LogP contribution in [0.2, 0.25) is 0 Å². The Morgan fingerprint density at radius 1 is 1.07 bits per heavy atom. The van der Waals surface area contributed by atoms with Gasteiger partial charge in [0.05, 0.1) is 17.0 Å². The maximum absolute atomic E-state index is 14.8. The van der Waals surface area contributed by atoms with Crippen molar-refractivity contribution in [3.05, 3.63) is 70.4 Å². The highest BCUT2D eigenvalue weighted by molar-refractivity contribution is 7.20. The summed E-state index contributed by atoms with van der Waals surface area (Å²) in [4.78, 5) is 57.3. The number of amides is 4. The second kappa shape index (κ2) is 12.4. The maximum Gasteiger partial charge on any atom is 0.264 e. The number of thiophene rings is 1. The molecule has 2 aliphatic heterocycles. The third-order valence-corrected chi connectivity index (χ3v) is 8.95. The molecule has 2 aromatic carbocycles. The van der Waals surface area contributed by atoms with Crippen LogP contribution in [-0.4, -0.2) is 71.7 Å². The SMILES string of the molecule is CC(C)[C@@H]1CN(C(=O)c2cc3ccccc3s2)CC(=O)NCCCc2ccc(F)c(c2)C(=O)N2CCC[C@H]2C(=O)N1. The molecule has 2 atom stereocenters. The van der Waals surface area contributed by atoms with Gasteiger partial charge in [0.15, 0.2) is 0 Å².